The number of hydrogen-bond acceptors (Lipinski definition) is 5. The van der Waals surface area contributed by atoms with E-state index >= 15 is 0 Å². The van der Waals surface area contributed by atoms with Crippen LogP contribution in [0.5, 0.6) is 0 Å². The lowest BCUT2D eigenvalue weighted by molar-refractivity contribution is 0.400. The van der Waals surface area contributed by atoms with Gasteiger partial charge in [-0.2, -0.15) is 13.9 Å². The maximum absolute atomic E-state index is 12.8. The van der Waals surface area contributed by atoms with Crippen molar-refractivity contribution in [1.29, 1.82) is 0 Å². The second-order valence-electron chi connectivity index (χ2n) is 6.36. The number of rotatable bonds is 6. The van der Waals surface area contributed by atoms with Crippen LogP contribution in [0.1, 0.15) is 0 Å². The topological polar surface area (TPSA) is 100.0 Å². The van der Waals surface area contributed by atoms with Crippen LogP contribution in [-0.4, -0.2) is 35.6 Å². The van der Waals surface area contributed by atoms with Gasteiger partial charge in [-0.15, -0.1) is 0 Å². The van der Waals surface area contributed by atoms with E-state index in [1.165, 1.54) is 23.0 Å². The molecular weight excluding hydrogens is 402 g/mol. The Morgan fingerprint density at radius 2 is 1.79 bits per heavy atom. The van der Waals surface area contributed by atoms with Crippen LogP contribution in [0, 0.1) is 0 Å². The van der Waals surface area contributed by atoms with Gasteiger partial charge < -0.3 is 5.73 Å². The third-order valence-corrected chi connectivity index (χ3v) is 5.46. The van der Waals surface area contributed by atoms with Crippen molar-refractivity contribution in [2.24, 2.45) is 5.73 Å². The number of nitrogens with zero attached hydrogens (tertiary/aromatic N) is 3. The zero-order valence-corrected chi connectivity index (χ0v) is 16.2. The second-order valence-corrected chi connectivity index (χ2v) is 8.37. The molecule has 0 amide bonds. The van der Waals surface area contributed by atoms with Crippen LogP contribution in [0.3, 0.4) is 0 Å². The van der Waals surface area contributed by atoms with Crippen LogP contribution in [0.15, 0.2) is 76.2 Å². The van der Waals surface area contributed by atoms with Crippen LogP contribution in [-0.2, 0) is 16.4 Å². The SMILES string of the molecule is CS(=O)(=O)c1ccc(-c2cccc(-n3cnn(CC(CN)=C(F)F)c3=O)c2)cc1. The Balaban J connectivity index is 1.95. The van der Waals surface area contributed by atoms with Crippen molar-refractivity contribution >= 4 is 9.84 Å². The van der Waals surface area contributed by atoms with Crippen molar-refractivity contribution < 1.29 is 17.2 Å². The number of hydrogen-bond donors (Lipinski definition) is 1. The fourth-order valence-electron chi connectivity index (χ4n) is 2.73. The minimum atomic E-state index is -3.30. The van der Waals surface area contributed by atoms with E-state index in [2.05, 4.69) is 5.10 Å². The summed E-state index contributed by atoms with van der Waals surface area (Å²) in [5, 5.41) is 3.88. The first-order chi connectivity index (χ1) is 13.7. The first-order valence-corrected chi connectivity index (χ1v) is 10.4. The fourth-order valence-corrected chi connectivity index (χ4v) is 3.37. The Labute approximate surface area is 165 Å². The van der Waals surface area contributed by atoms with Gasteiger partial charge in [0, 0.05) is 18.4 Å². The van der Waals surface area contributed by atoms with Gasteiger partial charge in [0.2, 0.25) is 0 Å². The maximum atomic E-state index is 12.8. The Hall–Kier alpha value is -3.11. The summed E-state index contributed by atoms with van der Waals surface area (Å²) in [6, 6.07) is 13.3. The molecule has 29 heavy (non-hydrogen) atoms. The monoisotopic (exact) mass is 420 g/mol. The molecule has 152 valence electrons. The molecule has 2 aromatic carbocycles. The van der Waals surface area contributed by atoms with E-state index in [4.69, 9.17) is 5.73 Å². The lowest BCUT2D eigenvalue weighted by atomic mass is 10.1. The third-order valence-electron chi connectivity index (χ3n) is 4.33. The lowest BCUT2D eigenvalue weighted by Crippen LogP contribution is -2.26. The zero-order chi connectivity index (χ0) is 21.2. The van der Waals surface area contributed by atoms with E-state index in [1.54, 1.807) is 30.3 Å². The highest BCUT2D eigenvalue weighted by Gasteiger charge is 2.12. The van der Waals surface area contributed by atoms with Crippen LogP contribution in [0.2, 0.25) is 0 Å². The van der Waals surface area contributed by atoms with Crippen molar-refractivity contribution in [1.82, 2.24) is 14.3 Å². The average molecular weight is 420 g/mol. The number of benzene rings is 2. The molecule has 0 aliphatic carbocycles. The maximum Gasteiger partial charge on any atom is 0.350 e. The van der Waals surface area contributed by atoms with Gasteiger partial charge in [0.15, 0.2) is 9.84 Å². The van der Waals surface area contributed by atoms with Gasteiger partial charge in [-0.3, -0.25) is 0 Å². The van der Waals surface area contributed by atoms with Crippen LogP contribution < -0.4 is 11.4 Å². The van der Waals surface area contributed by atoms with Crippen molar-refractivity contribution in [3.8, 4) is 16.8 Å². The highest BCUT2D eigenvalue weighted by molar-refractivity contribution is 7.90. The molecule has 0 aliphatic heterocycles. The van der Waals surface area contributed by atoms with Gasteiger partial charge in [-0.25, -0.2) is 22.5 Å². The predicted molar refractivity (Wildman–Crippen MR) is 105 cm³/mol. The van der Waals surface area contributed by atoms with E-state index in [1.807, 2.05) is 6.07 Å². The van der Waals surface area contributed by atoms with E-state index in [9.17, 15) is 22.0 Å². The van der Waals surface area contributed by atoms with Crippen molar-refractivity contribution in [2.75, 3.05) is 12.8 Å². The molecule has 0 aliphatic rings. The lowest BCUT2D eigenvalue weighted by Gasteiger charge is -2.07. The highest BCUT2D eigenvalue weighted by atomic mass is 32.2. The third kappa shape index (κ3) is 4.49. The Kier molecular flexibility index (Phi) is 5.76. The van der Waals surface area contributed by atoms with Crippen molar-refractivity contribution in [3.05, 3.63) is 77.0 Å². The van der Waals surface area contributed by atoms with Crippen LogP contribution in [0.4, 0.5) is 8.78 Å². The van der Waals surface area contributed by atoms with Gasteiger partial charge in [0.25, 0.3) is 6.08 Å². The molecule has 1 aromatic heterocycles. The molecule has 7 nitrogen and oxygen atoms in total. The smallest absolute Gasteiger partial charge is 0.327 e. The molecule has 1 heterocycles. The molecular formula is C19H18F2N4O3S. The molecule has 0 unspecified atom stereocenters. The zero-order valence-electron chi connectivity index (χ0n) is 15.4. The van der Waals surface area contributed by atoms with E-state index in [0.29, 0.717) is 5.69 Å². The first-order valence-electron chi connectivity index (χ1n) is 8.49. The molecule has 0 radical (unpaired) electrons. The molecule has 0 atom stereocenters. The molecule has 10 heteroatoms. The standard InChI is InChI=1S/C19H18F2N4O3S/c1-29(27,28)17-7-5-13(6-8-17)14-3-2-4-16(9-14)24-12-23-25(19(24)26)11-15(10-22)18(20)21/h2-9,12H,10-11,22H2,1H3. The van der Waals surface area contributed by atoms with E-state index in [0.717, 1.165) is 22.1 Å². The molecule has 3 aromatic rings. The van der Waals surface area contributed by atoms with Crippen molar-refractivity contribution in [3.63, 3.8) is 0 Å². The summed E-state index contributed by atoms with van der Waals surface area (Å²) in [7, 11) is -3.30. The number of nitrogens with two attached hydrogens (primary N) is 1. The normalized spacial score (nSPS) is 11.4. The number of halogens is 2. The van der Waals surface area contributed by atoms with Gasteiger partial charge in [-0.1, -0.05) is 24.3 Å². The highest BCUT2D eigenvalue weighted by Crippen LogP contribution is 2.23. The van der Waals surface area contributed by atoms with E-state index in [-0.39, 0.29) is 17.0 Å². The summed E-state index contributed by atoms with van der Waals surface area (Å²) < 4.78 is 50.9. The largest absolute Gasteiger partial charge is 0.350 e. The number of sulfone groups is 1. The van der Waals surface area contributed by atoms with Crippen LogP contribution >= 0.6 is 0 Å². The summed E-state index contributed by atoms with van der Waals surface area (Å²) in [4.78, 5) is 12.7. The molecule has 0 spiro atoms. The Morgan fingerprint density at radius 3 is 2.38 bits per heavy atom. The Bertz CT molecular complexity index is 1220. The van der Waals surface area contributed by atoms with E-state index < -0.39 is 28.2 Å². The van der Waals surface area contributed by atoms with Gasteiger partial charge >= 0.3 is 5.69 Å². The minimum absolute atomic E-state index is 0.207. The summed E-state index contributed by atoms with van der Waals surface area (Å²) in [5.74, 6) is 0. The summed E-state index contributed by atoms with van der Waals surface area (Å²) in [5.41, 5.74) is 6.34. The van der Waals surface area contributed by atoms with Gasteiger partial charge in [0.05, 0.1) is 17.1 Å². The van der Waals surface area contributed by atoms with Crippen molar-refractivity contribution in [2.45, 2.75) is 11.4 Å². The summed E-state index contributed by atoms with van der Waals surface area (Å²) >= 11 is 0. The number of aromatic nitrogens is 3. The van der Waals surface area contributed by atoms with Gasteiger partial charge in [0.1, 0.15) is 6.33 Å². The average Bonchev–Trinajstić information content (AvgIpc) is 3.05. The summed E-state index contributed by atoms with van der Waals surface area (Å²) in [6.07, 6.45) is 0.457. The molecule has 0 fully saturated rings. The molecule has 0 saturated heterocycles. The van der Waals surface area contributed by atoms with Crippen LogP contribution in [0.25, 0.3) is 16.8 Å². The van der Waals surface area contributed by atoms with Gasteiger partial charge in [-0.05, 0) is 35.4 Å². The molecule has 3 rings (SSSR count). The summed E-state index contributed by atoms with van der Waals surface area (Å²) in [6.45, 7) is -0.766. The Morgan fingerprint density at radius 1 is 1.10 bits per heavy atom. The minimum Gasteiger partial charge on any atom is -0.327 e. The predicted octanol–water partition coefficient (Wildman–Crippen LogP) is 2.21. The fraction of sp³-hybridized carbons (Fsp3) is 0.158. The quantitative estimate of drug-likeness (QED) is 0.659. The molecule has 0 saturated carbocycles. The first kappa shape index (κ1) is 20.6. The second kappa shape index (κ2) is 8.10. The molecule has 0 bridgehead atoms. The molecule has 2 N–H and O–H groups in total.